The molecule has 1 rings (SSSR count). The van der Waals surface area contributed by atoms with Crippen molar-refractivity contribution in [3.63, 3.8) is 0 Å². The molecule has 11 heavy (non-hydrogen) atoms. The van der Waals surface area contributed by atoms with E-state index in [1.165, 1.54) is 0 Å². The Labute approximate surface area is 67.8 Å². The minimum absolute atomic E-state index is 0.0359. The van der Waals surface area contributed by atoms with E-state index in [0.717, 1.165) is 0 Å². The van der Waals surface area contributed by atoms with Crippen LogP contribution in [0.2, 0.25) is 0 Å². The number of carbonyl (C=O) groups is 1. The van der Waals surface area contributed by atoms with Crippen LogP contribution in [0.5, 0.6) is 0 Å². The van der Waals surface area contributed by atoms with Crippen molar-refractivity contribution in [1.29, 1.82) is 0 Å². The highest BCUT2D eigenvalue weighted by Crippen LogP contribution is 2.27. The predicted molar refractivity (Wildman–Crippen MR) is 44.3 cm³/mol. The van der Waals surface area contributed by atoms with Gasteiger partial charge in [-0.25, -0.2) is 0 Å². The molecule has 1 unspecified atom stereocenters. The summed E-state index contributed by atoms with van der Waals surface area (Å²) >= 11 is 0. The molecule has 1 aliphatic heterocycles. The van der Waals surface area contributed by atoms with Gasteiger partial charge in [0.1, 0.15) is 0 Å². The molecule has 1 heterocycles. The Morgan fingerprint density at radius 2 is 2.18 bits per heavy atom. The number of likely N-dealkylation sites (tertiary alicyclic amines) is 1. The minimum atomic E-state index is -0.0359. The summed E-state index contributed by atoms with van der Waals surface area (Å²) in [5, 5.41) is 3.15. The van der Waals surface area contributed by atoms with Crippen LogP contribution in [-0.4, -0.2) is 36.5 Å². The zero-order valence-corrected chi connectivity index (χ0v) is 7.64. The summed E-state index contributed by atoms with van der Waals surface area (Å²) in [6.45, 7) is 4.16. The number of amides is 1. The molecule has 0 aromatic carbocycles. The standard InChI is InChI=1S/C8H16N2O/c1-8(2)6(9-3)5-7(11)10(8)4/h6,9H,5H2,1-4H3. The Morgan fingerprint density at radius 1 is 1.64 bits per heavy atom. The van der Waals surface area contributed by atoms with Gasteiger partial charge < -0.3 is 10.2 Å². The van der Waals surface area contributed by atoms with Crippen molar-refractivity contribution < 1.29 is 4.79 Å². The van der Waals surface area contributed by atoms with Crippen LogP contribution in [0, 0.1) is 0 Å². The molecule has 0 aromatic heterocycles. The maximum atomic E-state index is 11.2. The smallest absolute Gasteiger partial charge is 0.224 e. The third-order valence-electron chi connectivity index (χ3n) is 2.82. The van der Waals surface area contributed by atoms with Crippen molar-refractivity contribution >= 4 is 5.91 Å². The predicted octanol–water partition coefficient (Wildman–Crippen LogP) is 0.215. The van der Waals surface area contributed by atoms with Gasteiger partial charge in [-0.2, -0.15) is 0 Å². The molecule has 3 heteroatoms. The van der Waals surface area contributed by atoms with E-state index >= 15 is 0 Å². The molecule has 1 amide bonds. The lowest BCUT2D eigenvalue weighted by atomic mass is 9.96. The van der Waals surface area contributed by atoms with Crippen LogP contribution in [0.25, 0.3) is 0 Å². The highest BCUT2D eigenvalue weighted by Gasteiger charge is 2.42. The highest BCUT2D eigenvalue weighted by atomic mass is 16.2. The summed E-state index contributed by atoms with van der Waals surface area (Å²) in [6, 6.07) is 0.292. The average molecular weight is 156 g/mol. The minimum Gasteiger partial charge on any atom is -0.339 e. The fourth-order valence-electron chi connectivity index (χ4n) is 1.57. The zero-order valence-electron chi connectivity index (χ0n) is 7.64. The molecule has 1 atom stereocenters. The van der Waals surface area contributed by atoms with E-state index < -0.39 is 0 Å². The summed E-state index contributed by atoms with van der Waals surface area (Å²) in [6.07, 6.45) is 0.625. The number of hydrogen-bond donors (Lipinski definition) is 1. The first-order valence-electron chi connectivity index (χ1n) is 3.94. The van der Waals surface area contributed by atoms with Gasteiger partial charge in [0.05, 0.1) is 5.54 Å². The molecular weight excluding hydrogens is 140 g/mol. The molecule has 0 saturated carbocycles. The lowest BCUT2D eigenvalue weighted by Gasteiger charge is -2.32. The molecule has 1 saturated heterocycles. The third-order valence-corrected chi connectivity index (χ3v) is 2.82. The van der Waals surface area contributed by atoms with Gasteiger partial charge in [-0.1, -0.05) is 0 Å². The van der Waals surface area contributed by atoms with Gasteiger partial charge in [0.2, 0.25) is 5.91 Å². The van der Waals surface area contributed by atoms with Gasteiger partial charge in [0.25, 0.3) is 0 Å². The maximum absolute atomic E-state index is 11.2. The number of nitrogens with zero attached hydrogens (tertiary/aromatic N) is 1. The van der Waals surface area contributed by atoms with Gasteiger partial charge in [0.15, 0.2) is 0 Å². The molecular formula is C8H16N2O. The monoisotopic (exact) mass is 156 g/mol. The second-order valence-electron chi connectivity index (χ2n) is 3.65. The fourth-order valence-corrected chi connectivity index (χ4v) is 1.57. The van der Waals surface area contributed by atoms with Crippen molar-refractivity contribution in [2.45, 2.75) is 31.8 Å². The normalized spacial score (nSPS) is 29.6. The first-order valence-corrected chi connectivity index (χ1v) is 3.94. The molecule has 1 fully saturated rings. The van der Waals surface area contributed by atoms with Gasteiger partial charge in [-0.05, 0) is 20.9 Å². The van der Waals surface area contributed by atoms with Crippen molar-refractivity contribution in [1.82, 2.24) is 10.2 Å². The molecule has 1 N–H and O–H groups in total. The largest absolute Gasteiger partial charge is 0.339 e. The van der Waals surface area contributed by atoms with Crippen LogP contribution in [-0.2, 0) is 4.79 Å². The Bertz CT molecular complexity index is 177. The Balaban J connectivity index is 2.82. The maximum Gasteiger partial charge on any atom is 0.224 e. The van der Waals surface area contributed by atoms with Gasteiger partial charge >= 0.3 is 0 Å². The second-order valence-corrected chi connectivity index (χ2v) is 3.65. The Morgan fingerprint density at radius 3 is 2.36 bits per heavy atom. The summed E-state index contributed by atoms with van der Waals surface area (Å²) in [7, 11) is 3.76. The highest BCUT2D eigenvalue weighted by molar-refractivity contribution is 5.80. The molecule has 0 bridgehead atoms. The van der Waals surface area contributed by atoms with E-state index in [-0.39, 0.29) is 11.4 Å². The van der Waals surface area contributed by atoms with Crippen LogP contribution >= 0.6 is 0 Å². The summed E-state index contributed by atoms with van der Waals surface area (Å²) in [5.41, 5.74) is -0.0359. The van der Waals surface area contributed by atoms with Crippen molar-refractivity contribution in [2.24, 2.45) is 0 Å². The molecule has 0 aliphatic carbocycles. The summed E-state index contributed by atoms with van der Waals surface area (Å²) in [4.78, 5) is 13.1. The van der Waals surface area contributed by atoms with Gasteiger partial charge in [0, 0.05) is 19.5 Å². The lowest BCUT2D eigenvalue weighted by Crippen LogP contribution is -2.48. The SMILES string of the molecule is CNC1CC(=O)N(C)C1(C)C. The van der Waals surface area contributed by atoms with E-state index in [4.69, 9.17) is 0 Å². The van der Waals surface area contributed by atoms with E-state index in [1.54, 1.807) is 0 Å². The average Bonchev–Trinajstić information content (AvgIpc) is 2.13. The number of likely N-dealkylation sites (N-methyl/N-ethyl adjacent to an activating group) is 2. The van der Waals surface area contributed by atoms with Crippen LogP contribution in [0.1, 0.15) is 20.3 Å². The number of hydrogen-bond acceptors (Lipinski definition) is 2. The Kier molecular flexibility index (Phi) is 1.92. The Hall–Kier alpha value is -0.570. The van der Waals surface area contributed by atoms with Crippen molar-refractivity contribution in [3.8, 4) is 0 Å². The molecule has 0 aromatic rings. The number of rotatable bonds is 1. The summed E-state index contributed by atoms with van der Waals surface area (Å²) < 4.78 is 0. The summed E-state index contributed by atoms with van der Waals surface area (Å²) in [5.74, 6) is 0.231. The van der Waals surface area contributed by atoms with Gasteiger partial charge in [-0.3, -0.25) is 4.79 Å². The molecule has 0 spiro atoms. The molecule has 64 valence electrons. The van der Waals surface area contributed by atoms with E-state index in [1.807, 2.05) is 19.0 Å². The van der Waals surface area contributed by atoms with Crippen LogP contribution in [0.3, 0.4) is 0 Å². The third kappa shape index (κ3) is 1.13. The van der Waals surface area contributed by atoms with Crippen LogP contribution < -0.4 is 5.32 Å². The first-order chi connectivity index (χ1) is 5.00. The van der Waals surface area contributed by atoms with Crippen molar-refractivity contribution in [2.75, 3.05) is 14.1 Å². The number of carbonyl (C=O) groups excluding carboxylic acids is 1. The lowest BCUT2D eigenvalue weighted by molar-refractivity contribution is -0.128. The van der Waals surface area contributed by atoms with E-state index in [9.17, 15) is 4.79 Å². The molecule has 0 radical (unpaired) electrons. The van der Waals surface area contributed by atoms with E-state index in [0.29, 0.717) is 12.5 Å². The first kappa shape index (κ1) is 8.53. The van der Waals surface area contributed by atoms with Crippen molar-refractivity contribution in [3.05, 3.63) is 0 Å². The van der Waals surface area contributed by atoms with Gasteiger partial charge in [-0.15, -0.1) is 0 Å². The zero-order chi connectivity index (χ0) is 8.65. The van der Waals surface area contributed by atoms with Crippen LogP contribution in [0.15, 0.2) is 0 Å². The second kappa shape index (κ2) is 2.48. The molecule has 3 nitrogen and oxygen atoms in total. The van der Waals surface area contributed by atoms with Crippen LogP contribution in [0.4, 0.5) is 0 Å². The van der Waals surface area contributed by atoms with E-state index in [2.05, 4.69) is 19.2 Å². The molecule has 1 aliphatic rings. The topological polar surface area (TPSA) is 32.3 Å². The fraction of sp³-hybridized carbons (Fsp3) is 0.875. The number of nitrogens with one attached hydrogen (secondary N) is 1. The quantitative estimate of drug-likeness (QED) is 0.589.